The zero-order chi connectivity index (χ0) is 26.7. The predicted octanol–water partition coefficient (Wildman–Crippen LogP) is 3.64. The molecule has 192 valence electrons. The molecule has 4 aromatic rings. The highest BCUT2D eigenvalue weighted by molar-refractivity contribution is 6.10. The number of nitrogens with two attached hydrogens (primary N) is 1. The van der Waals surface area contributed by atoms with Gasteiger partial charge in [0.2, 0.25) is 0 Å². The lowest BCUT2D eigenvalue weighted by molar-refractivity contribution is -0.150. The Balaban J connectivity index is 1.55. The number of nitrogen functional groups attached to an aromatic ring is 1. The molecule has 1 aliphatic rings. The molecule has 37 heavy (non-hydrogen) atoms. The maximum absolute atomic E-state index is 14.6. The second kappa shape index (κ2) is 8.39. The minimum Gasteiger partial charge on any atom is -0.383 e. The summed E-state index contributed by atoms with van der Waals surface area (Å²) in [5.74, 6) is -1.33. The number of aryl methyl sites for hydroxylation is 1. The number of carbonyl (C=O) groups is 2. The van der Waals surface area contributed by atoms with Crippen molar-refractivity contribution in [2.45, 2.75) is 31.2 Å². The molecule has 0 spiro atoms. The zero-order valence-electron chi connectivity index (χ0n) is 19.8. The van der Waals surface area contributed by atoms with Gasteiger partial charge in [0.15, 0.2) is 5.67 Å². The molecule has 1 aromatic carbocycles. The number of halogens is 4. The second-order valence-electron chi connectivity index (χ2n) is 8.95. The summed E-state index contributed by atoms with van der Waals surface area (Å²) in [5, 5.41) is 7.18. The number of hydrogen-bond acceptors (Lipinski definition) is 6. The first-order chi connectivity index (χ1) is 17.4. The van der Waals surface area contributed by atoms with Crippen molar-refractivity contribution in [3.8, 4) is 0 Å². The number of benzene rings is 1. The lowest BCUT2D eigenvalue weighted by atomic mass is 10.1. The molecular formula is C24H21F4N7O2. The fourth-order valence-electron chi connectivity index (χ4n) is 4.12. The number of nitrogens with zero attached hydrogens (tertiary/aromatic N) is 6. The van der Waals surface area contributed by atoms with Crippen molar-refractivity contribution in [1.29, 1.82) is 0 Å². The predicted molar refractivity (Wildman–Crippen MR) is 125 cm³/mol. The van der Waals surface area contributed by atoms with Crippen LogP contribution in [0.1, 0.15) is 34.5 Å². The van der Waals surface area contributed by atoms with E-state index in [1.165, 1.54) is 13.1 Å². The van der Waals surface area contributed by atoms with E-state index in [1.807, 2.05) is 0 Å². The van der Waals surface area contributed by atoms with Crippen LogP contribution in [-0.2, 0) is 24.6 Å². The maximum Gasteiger partial charge on any atom is 0.417 e. The van der Waals surface area contributed by atoms with E-state index in [0.717, 1.165) is 22.2 Å². The van der Waals surface area contributed by atoms with Crippen LogP contribution in [0.2, 0.25) is 0 Å². The largest absolute Gasteiger partial charge is 0.417 e. The van der Waals surface area contributed by atoms with Crippen LogP contribution in [0.25, 0.3) is 21.8 Å². The number of hydrogen-bond donors (Lipinski definition) is 1. The third kappa shape index (κ3) is 4.30. The lowest BCUT2D eigenvalue weighted by Gasteiger charge is -2.32. The van der Waals surface area contributed by atoms with Gasteiger partial charge in [-0.3, -0.25) is 24.3 Å². The number of anilines is 1. The quantitative estimate of drug-likeness (QED) is 0.328. The maximum atomic E-state index is 14.6. The van der Waals surface area contributed by atoms with Crippen LogP contribution >= 0.6 is 0 Å². The molecule has 2 N–H and O–H groups in total. The third-order valence-electron chi connectivity index (χ3n) is 6.38. The standard InChI is InChI=1S/C24H21F4N7O2/c1-33-19-16-9-13(3-6-18(16)32-20(29)17(19)11-31-33)21(36)35(34(2)22(37)23(25)7-8-23)12-15-5-4-14(10-30-15)24(26,27)28/h3-6,9-11H,7-8,12H2,1-2H3,(H2,29,32). The van der Waals surface area contributed by atoms with E-state index in [2.05, 4.69) is 15.1 Å². The van der Waals surface area contributed by atoms with Crippen LogP contribution in [0.4, 0.5) is 23.4 Å². The van der Waals surface area contributed by atoms with Crippen LogP contribution in [0.5, 0.6) is 0 Å². The van der Waals surface area contributed by atoms with Gasteiger partial charge in [-0.1, -0.05) is 0 Å². The summed E-state index contributed by atoms with van der Waals surface area (Å²) < 4.78 is 55.1. The van der Waals surface area contributed by atoms with Gasteiger partial charge in [0.05, 0.1) is 40.4 Å². The van der Waals surface area contributed by atoms with Gasteiger partial charge in [0.1, 0.15) is 5.82 Å². The summed E-state index contributed by atoms with van der Waals surface area (Å²) in [6.07, 6.45) is -2.34. The van der Waals surface area contributed by atoms with Gasteiger partial charge >= 0.3 is 6.18 Å². The molecule has 0 bridgehead atoms. The highest BCUT2D eigenvalue weighted by Crippen LogP contribution is 2.41. The summed E-state index contributed by atoms with van der Waals surface area (Å²) in [6, 6.07) is 6.56. The van der Waals surface area contributed by atoms with E-state index in [9.17, 15) is 27.2 Å². The first-order valence-electron chi connectivity index (χ1n) is 11.2. The number of fused-ring (bicyclic) bond motifs is 3. The second-order valence-corrected chi connectivity index (χ2v) is 8.95. The summed E-state index contributed by atoms with van der Waals surface area (Å²) in [7, 11) is 2.95. The highest BCUT2D eigenvalue weighted by Gasteiger charge is 2.53. The molecule has 0 radical (unpaired) electrons. The van der Waals surface area contributed by atoms with Crippen molar-refractivity contribution in [2.75, 3.05) is 12.8 Å². The van der Waals surface area contributed by atoms with Crippen LogP contribution in [-0.4, -0.2) is 54.3 Å². The summed E-state index contributed by atoms with van der Waals surface area (Å²) in [4.78, 5) is 34.6. The van der Waals surface area contributed by atoms with E-state index < -0.39 is 29.2 Å². The Morgan fingerprint density at radius 1 is 1.14 bits per heavy atom. The van der Waals surface area contributed by atoms with Crippen LogP contribution < -0.4 is 5.73 Å². The molecule has 0 unspecified atom stereocenters. The Morgan fingerprint density at radius 2 is 1.86 bits per heavy atom. The Labute approximate surface area is 207 Å². The van der Waals surface area contributed by atoms with Gasteiger partial charge in [-0.2, -0.15) is 18.3 Å². The molecule has 3 heterocycles. The number of amides is 2. The Hall–Kier alpha value is -4.29. The average molecular weight is 515 g/mol. The number of carbonyl (C=O) groups excluding carboxylic acids is 2. The molecular weight excluding hydrogens is 494 g/mol. The first kappa shape index (κ1) is 24.4. The third-order valence-corrected chi connectivity index (χ3v) is 6.38. The van der Waals surface area contributed by atoms with Crippen LogP contribution in [0.15, 0.2) is 42.7 Å². The van der Waals surface area contributed by atoms with Crippen molar-refractivity contribution >= 4 is 39.4 Å². The summed E-state index contributed by atoms with van der Waals surface area (Å²) in [6.45, 7) is -0.367. The average Bonchev–Trinajstić information content (AvgIpc) is 3.49. The molecule has 1 saturated carbocycles. The van der Waals surface area contributed by atoms with Gasteiger partial charge in [-0.15, -0.1) is 0 Å². The van der Waals surface area contributed by atoms with Gasteiger partial charge < -0.3 is 5.73 Å². The molecule has 2 amide bonds. The SMILES string of the molecule is CN(C(=O)C1(F)CC1)N(Cc1ccc(C(F)(F)F)cn1)C(=O)c1ccc2nc(N)c3cnn(C)c3c2c1. The lowest BCUT2D eigenvalue weighted by Crippen LogP contribution is -2.50. The minimum absolute atomic E-state index is 0.0261. The minimum atomic E-state index is -4.58. The first-order valence-corrected chi connectivity index (χ1v) is 11.2. The van der Waals surface area contributed by atoms with E-state index in [4.69, 9.17) is 5.73 Å². The number of alkyl halides is 4. The van der Waals surface area contributed by atoms with Crippen molar-refractivity contribution in [1.82, 2.24) is 29.8 Å². The van der Waals surface area contributed by atoms with E-state index in [-0.39, 0.29) is 36.5 Å². The Bertz CT molecular complexity index is 1550. The van der Waals surface area contributed by atoms with Gasteiger partial charge in [-0.05, 0) is 43.2 Å². The number of hydrazine groups is 1. The van der Waals surface area contributed by atoms with Crippen molar-refractivity contribution < 1.29 is 27.2 Å². The van der Waals surface area contributed by atoms with Crippen molar-refractivity contribution in [3.05, 3.63) is 59.5 Å². The molecule has 0 atom stereocenters. The smallest absolute Gasteiger partial charge is 0.383 e. The van der Waals surface area contributed by atoms with E-state index in [0.29, 0.717) is 28.0 Å². The fraction of sp³-hybridized carbons (Fsp3) is 0.292. The molecule has 3 aromatic heterocycles. The molecule has 5 rings (SSSR count). The molecule has 13 heteroatoms. The number of rotatable bonds is 4. The van der Waals surface area contributed by atoms with Crippen molar-refractivity contribution in [3.63, 3.8) is 0 Å². The Kier molecular flexibility index (Phi) is 5.53. The normalized spacial score (nSPS) is 14.6. The van der Waals surface area contributed by atoms with Gasteiger partial charge in [0.25, 0.3) is 11.8 Å². The molecule has 1 aliphatic carbocycles. The number of aromatic nitrogens is 4. The molecule has 9 nitrogen and oxygen atoms in total. The monoisotopic (exact) mass is 515 g/mol. The molecule has 1 fully saturated rings. The van der Waals surface area contributed by atoms with E-state index in [1.54, 1.807) is 30.1 Å². The van der Waals surface area contributed by atoms with Gasteiger partial charge in [-0.25, -0.2) is 14.4 Å². The Morgan fingerprint density at radius 3 is 2.49 bits per heavy atom. The topological polar surface area (TPSA) is 110 Å². The van der Waals surface area contributed by atoms with Crippen molar-refractivity contribution in [2.24, 2.45) is 7.05 Å². The van der Waals surface area contributed by atoms with Crippen LogP contribution in [0.3, 0.4) is 0 Å². The number of pyridine rings is 2. The summed E-state index contributed by atoms with van der Waals surface area (Å²) in [5.41, 5.74) is 4.35. The molecule has 0 aliphatic heterocycles. The fourth-order valence-corrected chi connectivity index (χ4v) is 4.12. The molecule has 0 saturated heterocycles. The summed E-state index contributed by atoms with van der Waals surface area (Å²) >= 11 is 0. The highest BCUT2D eigenvalue weighted by atomic mass is 19.4. The van der Waals surface area contributed by atoms with Gasteiger partial charge in [0, 0.05) is 31.2 Å². The van der Waals surface area contributed by atoms with Crippen LogP contribution in [0, 0.1) is 0 Å². The zero-order valence-corrected chi connectivity index (χ0v) is 19.8. The van der Waals surface area contributed by atoms with E-state index >= 15 is 0 Å².